The second-order valence-electron chi connectivity index (χ2n) is 11.6. The minimum atomic E-state index is -5.07. The molecule has 0 aromatic rings. The van der Waals surface area contributed by atoms with E-state index in [1.807, 2.05) is 0 Å². The van der Waals surface area contributed by atoms with E-state index in [2.05, 4.69) is 58.8 Å². The van der Waals surface area contributed by atoms with Crippen LogP contribution in [0.15, 0.2) is 0 Å². The molecule has 0 heterocycles. The summed E-state index contributed by atoms with van der Waals surface area (Å²) in [6.07, 6.45) is 0. The molecule has 0 bridgehead atoms. The first-order valence-corrected chi connectivity index (χ1v) is 27.3. The smallest absolute Gasteiger partial charge is 0.396 e. The van der Waals surface area contributed by atoms with Crippen LogP contribution < -0.4 is 0 Å². The average Bonchev–Trinajstić information content (AvgIpc) is 3.17. The predicted octanol–water partition coefficient (Wildman–Crippen LogP) is 2.23. The summed E-state index contributed by atoms with van der Waals surface area (Å²) in [7, 11) is -34.8. The molecule has 0 aliphatic heterocycles. The zero-order chi connectivity index (χ0) is 47.7. The lowest BCUT2D eigenvalue weighted by molar-refractivity contribution is 0.0598. The number of phosphoric acid groups is 7. The Hall–Kier alpha value is 0.450. The van der Waals surface area contributed by atoms with Crippen molar-refractivity contribution in [1.29, 1.82) is 0 Å². The van der Waals surface area contributed by atoms with E-state index in [0.29, 0.717) is 0 Å². The number of hydrogen-bond acceptors (Lipinski definition) is 21. The molecule has 0 aromatic heterocycles. The lowest BCUT2D eigenvalue weighted by Crippen LogP contribution is -2.19. The molecular weight excluding hydrogens is 1020 g/mol. The molecule has 0 rings (SSSR count). The molecule has 0 saturated carbocycles. The van der Waals surface area contributed by atoms with Crippen molar-refractivity contribution in [3.05, 3.63) is 0 Å². The van der Waals surface area contributed by atoms with Crippen LogP contribution in [0, 0.1) is 23.7 Å². The molecule has 0 fully saturated rings. The molecule has 9 N–H and O–H groups in total. The van der Waals surface area contributed by atoms with Crippen LogP contribution in [-0.2, 0) is 90.8 Å². The number of aliphatic hydroxyl groups excluding tert-OH is 1. The first-order chi connectivity index (χ1) is 28.5. The Morgan fingerprint density at radius 3 is 0.645 bits per heavy atom. The van der Waals surface area contributed by atoms with Crippen molar-refractivity contribution in [3.8, 4) is 0 Å². The van der Waals surface area contributed by atoms with Crippen LogP contribution in [0.5, 0.6) is 0 Å². The summed E-state index contributed by atoms with van der Waals surface area (Å²) in [5.41, 5.74) is 0. The van der Waals surface area contributed by atoms with Gasteiger partial charge in [-0.3, -0.25) is 76.4 Å². The van der Waals surface area contributed by atoms with Crippen LogP contribution in [0.25, 0.3) is 0 Å². The van der Waals surface area contributed by atoms with E-state index in [0.717, 1.165) is 0 Å². The molecule has 0 radical (unpaired) electrons. The maximum Gasteiger partial charge on any atom is 0.472 e. The fraction of sp³-hybridized carbons (Fsp3) is 1.00. The number of rotatable bonds is 41. The summed E-state index contributed by atoms with van der Waals surface area (Å²) in [6, 6.07) is 0. The fourth-order valence-electron chi connectivity index (χ4n) is 3.10. The van der Waals surface area contributed by atoms with E-state index in [1.165, 1.54) is 0 Å². The summed E-state index contributed by atoms with van der Waals surface area (Å²) in [5, 5.41) is 8.84. The molecule has 0 amide bonds. The van der Waals surface area contributed by atoms with Gasteiger partial charge in [0.1, 0.15) is 0 Å². The van der Waals surface area contributed by atoms with Gasteiger partial charge in [-0.25, -0.2) is 32.0 Å². The topological polar surface area (TPSA) is 422 Å². The molecule has 0 spiro atoms. The van der Waals surface area contributed by atoms with Gasteiger partial charge in [0.15, 0.2) is 0 Å². The van der Waals surface area contributed by atoms with E-state index in [4.69, 9.17) is 14.9 Å². The van der Waals surface area contributed by atoms with Crippen molar-refractivity contribution in [2.75, 3.05) is 119 Å². The van der Waals surface area contributed by atoms with Crippen molar-refractivity contribution in [2.45, 2.75) is 0 Å². The van der Waals surface area contributed by atoms with Gasteiger partial charge < -0.3 is 44.3 Å². The van der Waals surface area contributed by atoms with E-state index < -0.39 is 198 Å². The summed E-state index contributed by atoms with van der Waals surface area (Å²) < 4.78 is 192. The normalized spacial score (nSPS) is 20.4. The van der Waals surface area contributed by atoms with E-state index in [9.17, 15) is 78.9 Å². The molecule has 40 heteroatoms. The van der Waals surface area contributed by atoms with Crippen LogP contribution in [0.4, 0.5) is 17.6 Å². The van der Waals surface area contributed by atoms with Crippen LogP contribution in [-0.4, -0.2) is 163 Å². The summed E-state index contributed by atoms with van der Waals surface area (Å²) >= 11 is 0. The van der Waals surface area contributed by atoms with E-state index in [1.54, 1.807) is 0 Å². The molecule has 10 atom stereocenters. The quantitative estimate of drug-likeness (QED) is 0.0241. The van der Waals surface area contributed by atoms with Crippen molar-refractivity contribution >= 4 is 54.8 Å². The molecule has 0 aliphatic carbocycles. The number of phosphoric ester groups is 7. The second-order valence-corrected chi connectivity index (χ2v) is 21.6. The van der Waals surface area contributed by atoms with Crippen LogP contribution in [0.3, 0.4) is 0 Å². The molecule has 0 aromatic carbocycles. The standard InChI is InChI=1S/C22H49F4O29P7/c23-7-19(11-27)12-50-57(31,32)43-1-2-45-59(35,36)52-15-21(9-25)16-54-61(39,40)47-5-6-48-62(41,42)55-18-22(10-26)17-53-60(37,38)46-4-3-44-58(33,34)51-14-20(8-24)13-49-56(28,29)30/h19-22,27H,1-18H2,(H,31,32)(H,33,34)(H,35,36)(H,37,38)(H,39,40)(H,41,42)(H2,28,29,30). The van der Waals surface area contributed by atoms with Crippen molar-refractivity contribution in [1.82, 2.24) is 0 Å². The molecule has 0 saturated heterocycles. The van der Waals surface area contributed by atoms with Crippen LogP contribution >= 0.6 is 54.8 Å². The Bertz CT molecular complexity index is 1590. The van der Waals surface area contributed by atoms with Gasteiger partial charge in [0.25, 0.3) is 0 Å². The summed E-state index contributed by atoms with van der Waals surface area (Å²) in [5.74, 6) is -5.52. The Labute approximate surface area is 350 Å². The molecule has 10 unspecified atom stereocenters. The highest BCUT2D eigenvalue weighted by Gasteiger charge is 2.31. The van der Waals surface area contributed by atoms with Gasteiger partial charge in [0.2, 0.25) is 0 Å². The van der Waals surface area contributed by atoms with Crippen molar-refractivity contribution < 1.29 is 153 Å². The third-order valence-electron chi connectivity index (χ3n) is 6.23. The number of halogens is 4. The number of hydrogen-bond donors (Lipinski definition) is 9. The Kier molecular flexibility index (Phi) is 31.0. The molecular formula is C22H49F4O29P7. The predicted molar refractivity (Wildman–Crippen MR) is 193 cm³/mol. The fourth-order valence-corrected chi connectivity index (χ4v) is 8.18. The lowest BCUT2D eigenvalue weighted by atomic mass is 10.2. The molecule has 29 nitrogen and oxygen atoms in total. The first kappa shape index (κ1) is 62.4. The van der Waals surface area contributed by atoms with E-state index in [-0.39, 0.29) is 0 Å². The minimum Gasteiger partial charge on any atom is -0.396 e. The van der Waals surface area contributed by atoms with Crippen molar-refractivity contribution in [3.63, 3.8) is 0 Å². The molecule has 374 valence electrons. The summed E-state index contributed by atoms with van der Waals surface area (Å²) in [4.78, 5) is 75.2. The maximum absolute atomic E-state index is 13.4. The third kappa shape index (κ3) is 33.8. The highest BCUT2D eigenvalue weighted by Crippen LogP contribution is 2.49. The number of aliphatic hydroxyl groups is 1. The number of alkyl halides is 4. The van der Waals surface area contributed by atoms with Gasteiger partial charge in [-0.15, -0.1) is 0 Å². The third-order valence-corrected chi connectivity index (χ3v) is 12.6. The van der Waals surface area contributed by atoms with Crippen LogP contribution in [0.2, 0.25) is 0 Å². The Morgan fingerprint density at radius 2 is 0.484 bits per heavy atom. The van der Waals surface area contributed by atoms with Gasteiger partial charge in [-0.1, -0.05) is 0 Å². The Balaban J connectivity index is 4.53. The zero-order valence-corrected chi connectivity index (χ0v) is 38.1. The SMILES string of the molecule is O=P(O)(O)OCC(CF)COP(=O)(O)OCCOP(=O)(O)OCC(CF)COP(=O)(O)OCCOP(=O)(O)OCC(CF)COP(=O)(O)OCCOP(=O)(O)OCC(CO)CF. The Morgan fingerprint density at radius 1 is 0.306 bits per heavy atom. The molecule has 62 heavy (non-hydrogen) atoms. The highest BCUT2D eigenvalue weighted by molar-refractivity contribution is 7.49. The molecule has 0 aliphatic rings. The van der Waals surface area contributed by atoms with Crippen molar-refractivity contribution in [2.24, 2.45) is 23.7 Å². The van der Waals surface area contributed by atoms with Crippen LogP contribution in [0.1, 0.15) is 0 Å². The van der Waals surface area contributed by atoms with Gasteiger partial charge in [0.05, 0.1) is 119 Å². The highest BCUT2D eigenvalue weighted by atomic mass is 31.2. The van der Waals surface area contributed by atoms with Gasteiger partial charge >= 0.3 is 54.8 Å². The largest absolute Gasteiger partial charge is 0.472 e. The monoisotopic (exact) mass is 1070 g/mol. The summed E-state index contributed by atoms with van der Waals surface area (Å²) in [6.45, 7) is -17.7. The van der Waals surface area contributed by atoms with Gasteiger partial charge in [0, 0.05) is 23.7 Å². The zero-order valence-electron chi connectivity index (χ0n) is 31.9. The minimum absolute atomic E-state index is 0.692. The lowest BCUT2D eigenvalue weighted by Gasteiger charge is -2.20. The first-order valence-electron chi connectivity index (χ1n) is 16.8. The van der Waals surface area contributed by atoms with Gasteiger partial charge in [-0.2, -0.15) is 0 Å². The second kappa shape index (κ2) is 30.8. The van der Waals surface area contributed by atoms with E-state index >= 15 is 0 Å². The average molecular weight is 1070 g/mol. The van der Waals surface area contributed by atoms with Gasteiger partial charge in [-0.05, 0) is 0 Å². The maximum atomic E-state index is 13.4.